The summed E-state index contributed by atoms with van der Waals surface area (Å²) >= 11 is 4.16. The summed E-state index contributed by atoms with van der Waals surface area (Å²) in [6.45, 7) is -0.365. The number of methoxy groups -OCH3 is 1. The molecule has 3 aromatic rings. The van der Waals surface area contributed by atoms with Gasteiger partial charge in [-0.1, -0.05) is 42.5 Å². The third-order valence-corrected chi connectivity index (χ3v) is 6.35. The highest BCUT2D eigenvalue weighted by atomic mass is 79.9. The summed E-state index contributed by atoms with van der Waals surface area (Å²) in [5.41, 5.74) is 1.28. The largest absolute Gasteiger partial charge is 0.496 e. The van der Waals surface area contributed by atoms with Crippen molar-refractivity contribution >= 4 is 67.3 Å². The molecule has 0 atom stereocenters. The average molecular weight is 497 g/mol. The van der Waals surface area contributed by atoms with Gasteiger partial charge in [0.2, 0.25) is 5.91 Å². The van der Waals surface area contributed by atoms with Crippen LogP contribution in [-0.4, -0.2) is 35.6 Å². The third kappa shape index (κ3) is 4.35. The maximum absolute atomic E-state index is 12.9. The number of ether oxygens (including phenoxy) is 1. The molecule has 0 aromatic heterocycles. The number of para-hydroxylation sites is 1. The van der Waals surface area contributed by atoms with Gasteiger partial charge in [0, 0.05) is 10.0 Å². The Morgan fingerprint density at radius 3 is 2.61 bits per heavy atom. The van der Waals surface area contributed by atoms with E-state index in [-0.39, 0.29) is 11.4 Å². The van der Waals surface area contributed by atoms with Crippen LogP contribution in [0.15, 0.2) is 70.0 Å². The molecule has 3 aromatic carbocycles. The van der Waals surface area contributed by atoms with Crippen LogP contribution in [-0.2, 0) is 9.59 Å². The SMILES string of the molecule is COc1ccc2ccccc2c1/C=C1/SC(=O)N(CC(=O)Nc2ccccc2Br)C1=O. The molecule has 1 fully saturated rings. The van der Waals surface area contributed by atoms with Gasteiger partial charge in [-0.25, -0.2) is 0 Å². The van der Waals surface area contributed by atoms with Crippen LogP contribution in [0.2, 0.25) is 0 Å². The first-order valence-electron chi connectivity index (χ1n) is 9.33. The maximum atomic E-state index is 12.9. The number of carbonyl (C=O) groups is 3. The van der Waals surface area contributed by atoms with E-state index in [1.807, 2.05) is 42.5 Å². The van der Waals surface area contributed by atoms with Crippen LogP contribution in [0.4, 0.5) is 10.5 Å². The summed E-state index contributed by atoms with van der Waals surface area (Å²) in [6.07, 6.45) is 1.65. The predicted octanol–water partition coefficient (Wildman–Crippen LogP) is 5.29. The molecule has 0 radical (unpaired) electrons. The minimum absolute atomic E-state index is 0.244. The van der Waals surface area contributed by atoms with Gasteiger partial charge in [-0.15, -0.1) is 0 Å². The second kappa shape index (κ2) is 8.95. The lowest BCUT2D eigenvalue weighted by atomic mass is 10.0. The molecular weight excluding hydrogens is 480 g/mol. The lowest BCUT2D eigenvalue weighted by Crippen LogP contribution is -2.36. The number of hydrogen-bond donors (Lipinski definition) is 1. The van der Waals surface area contributed by atoms with Crippen molar-refractivity contribution in [3.05, 3.63) is 75.6 Å². The first-order chi connectivity index (χ1) is 15.0. The summed E-state index contributed by atoms with van der Waals surface area (Å²) in [7, 11) is 1.55. The van der Waals surface area contributed by atoms with Gasteiger partial charge in [-0.3, -0.25) is 19.3 Å². The molecule has 31 heavy (non-hydrogen) atoms. The van der Waals surface area contributed by atoms with Gasteiger partial charge in [-0.2, -0.15) is 0 Å². The zero-order valence-electron chi connectivity index (χ0n) is 16.4. The number of benzene rings is 3. The summed E-state index contributed by atoms with van der Waals surface area (Å²) in [6, 6.07) is 18.6. The zero-order chi connectivity index (χ0) is 22.0. The van der Waals surface area contributed by atoms with E-state index < -0.39 is 17.1 Å². The number of nitrogens with one attached hydrogen (secondary N) is 1. The number of amides is 3. The maximum Gasteiger partial charge on any atom is 0.294 e. The smallest absolute Gasteiger partial charge is 0.294 e. The highest BCUT2D eigenvalue weighted by molar-refractivity contribution is 9.10. The lowest BCUT2D eigenvalue weighted by Gasteiger charge is -2.13. The zero-order valence-corrected chi connectivity index (χ0v) is 18.8. The first-order valence-corrected chi connectivity index (χ1v) is 10.9. The van der Waals surface area contributed by atoms with Gasteiger partial charge in [0.25, 0.3) is 11.1 Å². The molecule has 6 nitrogen and oxygen atoms in total. The Morgan fingerprint density at radius 2 is 1.84 bits per heavy atom. The topological polar surface area (TPSA) is 75.7 Å². The molecule has 1 N–H and O–H groups in total. The number of imide groups is 1. The van der Waals surface area contributed by atoms with Gasteiger partial charge in [0.05, 0.1) is 17.7 Å². The molecule has 156 valence electrons. The van der Waals surface area contributed by atoms with Crippen LogP contribution in [0.1, 0.15) is 5.56 Å². The molecule has 1 saturated heterocycles. The number of fused-ring (bicyclic) bond motifs is 1. The number of halogens is 1. The summed E-state index contributed by atoms with van der Waals surface area (Å²) in [5, 5.41) is 4.11. The number of rotatable bonds is 5. The van der Waals surface area contributed by atoms with Crippen LogP contribution < -0.4 is 10.1 Å². The highest BCUT2D eigenvalue weighted by Gasteiger charge is 2.36. The van der Waals surface area contributed by atoms with E-state index in [1.165, 1.54) is 0 Å². The number of anilines is 1. The molecule has 0 spiro atoms. The van der Waals surface area contributed by atoms with Gasteiger partial charge < -0.3 is 10.1 Å². The molecule has 1 heterocycles. The van der Waals surface area contributed by atoms with Gasteiger partial charge in [-0.05, 0) is 62.7 Å². The second-order valence-electron chi connectivity index (χ2n) is 6.70. The molecule has 3 amide bonds. The van der Waals surface area contributed by atoms with E-state index in [1.54, 1.807) is 31.4 Å². The van der Waals surface area contributed by atoms with E-state index in [0.29, 0.717) is 21.5 Å². The van der Waals surface area contributed by atoms with E-state index in [2.05, 4.69) is 21.2 Å². The van der Waals surface area contributed by atoms with Gasteiger partial charge in [0.1, 0.15) is 12.3 Å². The molecule has 0 aliphatic carbocycles. The number of carbonyl (C=O) groups excluding carboxylic acids is 3. The Balaban J connectivity index is 1.59. The number of hydrogen-bond acceptors (Lipinski definition) is 5. The first kappa shape index (κ1) is 21.1. The lowest BCUT2D eigenvalue weighted by molar-refractivity contribution is -0.127. The van der Waals surface area contributed by atoms with Crippen LogP contribution in [0.25, 0.3) is 16.8 Å². The summed E-state index contributed by atoms with van der Waals surface area (Å²) in [5.74, 6) is -0.373. The minimum atomic E-state index is -0.507. The normalized spacial score (nSPS) is 15.0. The van der Waals surface area contributed by atoms with Crippen molar-refractivity contribution in [3.63, 3.8) is 0 Å². The predicted molar refractivity (Wildman–Crippen MR) is 126 cm³/mol. The van der Waals surface area contributed by atoms with Crippen molar-refractivity contribution in [2.75, 3.05) is 19.0 Å². The van der Waals surface area contributed by atoms with Crippen LogP contribution in [0.5, 0.6) is 5.75 Å². The van der Waals surface area contributed by atoms with Crippen molar-refractivity contribution in [2.45, 2.75) is 0 Å². The second-order valence-corrected chi connectivity index (χ2v) is 8.55. The van der Waals surface area contributed by atoms with E-state index in [4.69, 9.17) is 4.74 Å². The molecule has 0 saturated carbocycles. The Labute approximate surface area is 191 Å². The van der Waals surface area contributed by atoms with Crippen LogP contribution >= 0.6 is 27.7 Å². The molecular formula is C23H17BrN2O4S. The van der Waals surface area contributed by atoms with E-state index in [0.717, 1.165) is 27.4 Å². The molecule has 0 unspecified atom stereocenters. The number of nitrogens with zero attached hydrogens (tertiary/aromatic N) is 1. The van der Waals surface area contributed by atoms with Crippen molar-refractivity contribution in [3.8, 4) is 5.75 Å². The van der Waals surface area contributed by atoms with Gasteiger partial charge >= 0.3 is 0 Å². The minimum Gasteiger partial charge on any atom is -0.496 e. The fourth-order valence-corrected chi connectivity index (χ4v) is 4.47. The fraction of sp³-hybridized carbons (Fsp3) is 0.0870. The van der Waals surface area contributed by atoms with Crippen molar-refractivity contribution in [1.29, 1.82) is 0 Å². The monoisotopic (exact) mass is 496 g/mol. The average Bonchev–Trinajstić information content (AvgIpc) is 3.03. The molecule has 4 rings (SSSR count). The summed E-state index contributed by atoms with van der Waals surface area (Å²) < 4.78 is 6.17. The molecule has 1 aliphatic rings. The quantitative estimate of drug-likeness (QED) is 0.485. The Bertz CT molecular complexity index is 1240. The fourth-order valence-electron chi connectivity index (χ4n) is 3.27. The van der Waals surface area contributed by atoms with Crippen LogP contribution in [0, 0.1) is 0 Å². The summed E-state index contributed by atoms with van der Waals surface area (Å²) in [4.78, 5) is 39.0. The Kier molecular flexibility index (Phi) is 6.11. The molecule has 1 aliphatic heterocycles. The Morgan fingerprint density at radius 1 is 1.10 bits per heavy atom. The van der Waals surface area contributed by atoms with E-state index in [9.17, 15) is 14.4 Å². The van der Waals surface area contributed by atoms with Crippen molar-refractivity contribution < 1.29 is 19.1 Å². The molecule has 0 bridgehead atoms. The highest BCUT2D eigenvalue weighted by Crippen LogP contribution is 2.36. The molecule has 8 heteroatoms. The van der Waals surface area contributed by atoms with Crippen LogP contribution in [0.3, 0.4) is 0 Å². The van der Waals surface area contributed by atoms with E-state index >= 15 is 0 Å². The van der Waals surface area contributed by atoms with Gasteiger partial charge in [0.15, 0.2) is 0 Å². The Hall–Kier alpha value is -3.10. The third-order valence-electron chi connectivity index (χ3n) is 4.75. The van der Waals surface area contributed by atoms with Crippen molar-refractivity contribution in [1.82, 2.24) is 4.90 Å². The van der Waals surface area contributed by atoms with Crippen molar-refractivity contribution in [2.24, 2.45) is 0 Å². The standard InChI is InChI=1S/C23H17BrN2O4S/c1-30-19-11-10-14-6-2-3-7-15(14)16(19)12-20-22(28)26(23(29)31-20)13-21(27)25-18-9-5-4-8-17(18)24/h2-12H,13H2,1H3,(H,25,27)/b20-12+. The number of thioether (sulfide) groups is 1.